The number of carbonyl (C=O) groups is 1. The van der Waals surface area contributed by atoms with Gasteiger partial charge in [-0.1, -0.05) is 56.0 Å². The number of anilines is 4. The number of benzene rings is 3. The molecule has 2 N–H and O–H groups in total. The largest absolute Gasteiger partial charge is 0.478 e. The lowest BCUT2D eigenvalue weighted by Gasteiger charge is -2.25. The Kier molecular flexibility index (Phi) is 8.65. The van der Waals surface area contributed by atoms with Crippen LogP contribution in [0.1, 0.15) is 61.0 Å². The molecule has 5 nitrogen and oxygen atoms in total. The SMILES string of the molecule is CCCCN(CCCC)c1ccc(Nc2ccc3c(c2)CN(c2ccc(Cl)c(Cl)c2)C3)c(C(=O)O)c1. The standard InChI is InChI=1S/C29H33Cl2N3O2/c1-3-5-13-33(14-6-4-2)23-10-12-28(25(16-23)29(35)36)32-22-8-7-20-18-34(19-21(20)15-22)24-9-11-26(30)27(31)17-24/h7-12,15-17,32H,3-6,13-14,18-19H2,1-2H3,(H,35,36). The van der Waals surface area contributed by atoms with Gasteiger partial charge in [0.25, 0.3) is 0 Å². The normalized spacial score (nSPS) is 12.5. The van der Waals surface area contributed by atoms with Crippen molar-refractivity contribution < 1.29 is 9.90 Å². The summed E-state index contributed by atoms with van der Waals surface area (Å²) in [5.41, 5.74) is 6.17. The lowest BCUT2D eigenvalue weighted by atomic mass is 10.1. The fraction of sp³-hybridized carbons (Fsp3) is 0.345. The Morgan fingerprint density at radius 3 is 2.31 bits per heavy atom. The molecule has 3 aromatic carbocycles. The van der Waals surface area contributed by atoms with E-state index in [4.69, 9.17) is 23.2 Å². The number of nitrogens with zero attached hydrogens (tertiary/aromatic N) is 2. The number of nitrogens with one attached hydrogen (secondary N) is 1. The molecule has 0 aliphatic carbocycles. The van der Waals surface area contributed by atoms with Crippen molar-refractivity contribution >= 4 is 51.9 Å². The summed E-state index contributed by atoms with van der Waals surface area (Å²) in [5.74, 6) is -0.933. The number of hydrogen-bond donors (Lipinski definition) is 2. The minimum absolute atomic E-state index is 0.281. The van der Waals surface area contributed by atoms with E-state index < -0.39 is 5.97 Å². The van der Waals surface area contributed by atoms with E-state index in [1.165, 1.54) is 11.1 Å². The monoisotopic (exact) mass is 525 g/mol. The summed E-state index contributed by atoms with van der Waals surface area (Å²) in [6.45, 7) is 7.75. The third-order valence-corrected chi connectivity index (χ3v) is 7.38. The molecule has 3 aromatic rings. The van der Waals surface area contributed by atoms with Crippen LogP contribution >= 0.6 is 23.2 Å². The smallest absolute Gasteiger partial charge is 0.337 e. The molecule has 0 unspecified atom stereocenters. The van der Waals surface area contributed by atoms with Crippen molar-refractivity contribution in [1.82, 2.24) is 0 Å². The Morgan fingerprint density at radius 2 is 1.64 bits per heavy atom. The Balaban J connectivity index is 1.53. The molecule has 0 saturated carbocycles. The number of hydrogen-bond acceptors (Lipinski definition) is 4. The molecular weight excluding hydrogens is 493 g/mol. The Hall–Kier alpha value is -2.89. The summed E-state index contributed by atoms with van der Waals surface area (Å²) in [6, 6.07) is 17.6. The predicted octanol–water partition coefficient (Wildman–Crippen LogP) is 8.36. The van der Waals surface area contributed by atoms with E-state index in [-0.39, 0.29) is 5.56 Å². The van der Waals surface area contributed by atoms with Gasteiger partial charge in [-0.2, -0.15) is 0 Å². The highest BCUT2D eigenvalue weighted by atomic mass is 35.5. The zero-order chi connectivity index (χ0) is 25.7. The lowest BCUT2D eigenvalue weighted by Crippen LogP contribution is -2.26. The van der Waals surface area contributed by atoms with Crippen LogP contribution in [0.3, 0.4) is 0 Å². The van der Waals surface area contributed by atoms with Crippen molar-refractivity contribution in [3.63, 3.8) is 0 Å². The van der Waals surface area contributed by atoms with Crippen LogP contribution in [0.4, 0.5) is 22.7 Å². The highest BCUT2D eigenvalue weighted by molar-refractivity contribution is 6.42. The second-order valence-electron chi connectivity index (χ2n) is 9.29. The first-order valence-corrected chi connectivity index (χ1v) is 13.4. The third-order valence-electron chi connectivity index (χ3n) is 6.64. The van der Waals surface area contributed by atoms with Crippen LogP contribution in [0, 0.1) is 0 Å². The third kappa shape index (κ3) is 6.08. The predicted molar refractivity (Wildman–Crippen MR) is 152 cm³/mol. The summed E-state index contributed by atoms with van der Waals surface area (Å²) in [7, 11) is 0. The molecule has 0 fully saturated rings. The van der Waals surface area contributed by atoms with Crippen molar-refractivity contribution in [2.75, 3.05) is 28.2 Å². The Labute approximate surface area is 223 Å². The molecule has 7 heteroatoms. The number of aromatic carboxylic acids is 1. The molecule has 1 heterocycles. The van der Waals surface area contributed by atoms with E-state index in [1.807, 2.05) is 36.4 Å². The number of unbranched alkanes of at least 4 members (excludes halogenated alkanes) is 2. The van der Waals surface area contributed by atoms with Gasteiger partial charge in [-0.15, -0.1) is 0 Å². The van der Waals surface area contributed by atoms with Gasteiger partial charge in [0.15, 0.2) is 0 Å². The maximum atomic E-state index is 12.2. The van der Waals surface area contributed by atoms with Crippen molar-refractivity contribution in [2.45, 2.75) is 52.6 Å². The molecule has 0 amide bonds. The number of carboxylic acid groups (broad SMARTS) is 1. The molecule has 36 heavy (non-hydrogen) atoms. The van der Waals surface area contributed by atoms with Gasteiger partial charge in [0.05, 0.1) is 21.3 Å². The van der Waals surface area contributed by atoms with Gasteiger partial charge in [-0.25, -0.2) is 4.79 Å². The summed E-state index contributed by atoms with van der Waals surface area (Å²) >= 11 is 12.3. The molecule has 0 aromatic heterocycles. The number of fused-ring (bicyclic) bond motifs is 1. The van der Waals surface area contributed by atoms with E-state index >= 15 is 0 Å². The molecule has 0 saturated heterocycles. The van der Waals surface area contributed by atoms with Crippen molar-refractivity contribution in [1.29, 1.82) is 0 Å². The molecule has 0 atom stereocenters. The second-order valence-corrected chi connectivity index (χ2v) is 10.1. The van der Waals surface area contributed by atoms with Gasteiger partial charge in [0.1, 0.15) is 0 Å². The molecular formula is C29H33Cl2N3O2. The van der Waals surface area contributed by atoms with Gasteiger partial charge in [0.2, 0.25) is 0 Å². The average Bonchev–Trinajstić information content (AvgIpc) is 3.29. The van der Waals surface area contributed by atoms with Gasteiger partial charge in [-0.05, 0) is 72.5 Å². The summed E-state index contributed by atoms with van der Waals surface area (Å²) in [6.07, 6.45) is 4.38. The first kappa shape index (κ1) is 26.2. The summed E-state index contributed by atoms with van der Waals surface area (Å²) < 4.78 is 0. The second kappa shape index (κ2) is 11.9. The molecule has 0 bridgehead atoms. The van der Waals surface area contributed by atoms with Gasteiger partial charge in [-0.3, -0.25) is 0 Å². The van der Waals surface area contributed by atoms with Crippen LogP contribution in [0.2, 0.25) is 10.0 Å². The maximum absolute atomic E-state index is 12.2. The first-order chi connectivity index (χ1) is 17.4. The number of carboxylic acids is 1. The fourth-order valence-electron chi connectivity index (χ4n) is 4.57. The number of halogens is 2. The average molecular weight is 527 g/mol. The van der Waals surface area contributed by atoms with E-state index in [0.29, 0.717) is 15.7 Å². The van der Waals surface area contributed by atoms with Crippen LogP contribution in [-0.2, 0) is 13.1 Å². The highest BCUT2D eigenvalue weighted by Crippen LogP contribution is 2.34. The fourth-order valence-corrected chi connectivity index (χ4v) is 4.87. The summed E-state index contributed by atoms with van der Waals surface area (Å²) in [5, 5.41) is 14.4. The number of rotatable bonds is 11. The van der Waals surface area contributed by atoms with E-state index in [2.05, 4.69) is 41.1 Å². The Bertz CT molecular complexity index is 1220. The van der Waals surface area contributed by atoms with Crippen molar-refractivity contribution in [3.05, 3.63) is 81.3 Å². The molecule has 1 aliphatic rings. The van der Waals surface area contributed by atoms with Gasteiger partial charge < -0.3 is 20.2 Å². The van der Waals surface area contributed by atoms with Gasteiger partial charge >= 0.3 is 5.97 Å². The topological polar surface area (TPSA) is 55.8 Å². The summed E-state index contributed by atoms with van der Waals surface area (Å²) in [4.78, 5) is 16.7. The zero-order valence-electron chi connectivity index (χ0n) is 20.9. The first-order valence-electron chi connectivity index (χ1n) is 12.6. The van der Waals surface area contributed by atoms with E-state index in [9.17, 15) is 9.90 Å². The molecule has 4 rings (SSSR count). The van der Waals surface area contributed by atoms with Crippen molar-refractivity contribution in [3.8, 4) is 0 Å². The van der Waals surface area contributed by atoms with E-state index in [1.54, 1.807) is 6.07 Å². The zero-order valence-corrected chi connectivity index (χ0v) is 22.4. The van der Waals surface area contributed by atoms with Crippen molar-refractivity contribution in [2.24, 2.45) is 0 Å². The molecule has 0 radical (unpaired) electrons. The maximum Gasteiger partial charge on any atom is 0.337 e. The Morgan fingerprint density at radius 1 is 0.917 bits per heavy atom. The van der Waals surface area contributed by atoms with Gasteiger partial charge in [0, 0.05) is 43.2 Å². The lowest BCUT2D eigenvalue weighted by molar-refractivity contribution is 0.0698. The van der Waals surface area contributed by atoms with Crippen LogP contribution in [-0.4, -0.2) is 24.2 Å². The quantitative estimate of drug-likeness (QED) is 0.263. The molecule has 1 aliphatic heterocycles. The van der Waals surface area contributed by atoms with Crippen LogP contribution in [0.15, 0.2) is 54.6 Å². The highest BCUT2D eigenvalue weighted by Gasteiger charge is 2.21. The van der Waals surface area contributed by atoms with Crippen LogP contribution < -0.4 is 15.1 Å². The minimum Gasteiger partial charge on any atom is -0.478 e. The van der Waals surface area contributed by atoms with Crippen LogP contribution in [0.25, 0.3) is 0 Å². The minimum atomic E-state index is -0.933. The molecule has 0 spiro atoms. The van der Waals surface area contributed by atoms with Crippen LogP contribution in [0.5, 0.6) is 0 Å². The van der Waals surface area contributed by atoms with E-state index in [0.717, 1.165) is 68.9 Å². The molecule has 190 valence electrons.